The molecule has 0 aliphatic rings. The summed E-state index contributed by atoms with van der Waals surface area (Å²) in [6.07, 6.45) is 2.19. The second kappa shape index (κ2) is 8.62. The van der Waals surface area contributed by atoms with Crippen molar-refractivity contribution in [2.24, 2.45) is 5.92 Å². The molecule has 0 aliphatic carbocycles. The number of likely N-dealkylation sites (N-methyl/N-ethyl adjacent to an activating group) is 1. The molecule has 0 radical (unpaired) electrons. The summed E-state index contributed by atoms with van der Waals surface area (Å²) in [6, 6.07) is 4.16. The monoisotopic (exact) mass is 295 g/mol. The smallest absolute Gasteiger partial charge is 0.238 e. The summed E-state index contributed by atoms with van der Waals surface area (Å²) in [6.45, 7) is 8.28. The third-order valence-electron chi connectivity index (χ3n) is 3.75. The summed E-state index contributed by atoms with van der Waals surface area (Å²) in [4.78, 5) is 14.1. The first kappa shape index (κ1) is 17.4. The van der Waals surface area contributed by atoms with Crippen molar-refractivity contribution < 1.29 is 9.18 Å². The number of nitrogen functional groups attached to an aromatic ring is 1. The third kappa shape index (κ3) is 5.71. The van der Waals surface area contributed by atoms with Crippen LogP contribution >= 0.6 is 0 Å². The molecule has 0 aromatic heterocycles. The Labute approximate surface area is 126 Å². The number of anilines is 2. The molecule has 1 aromatic carbocycles. The topological polar surface area (TPSA) is 58.4 Å². The number of nitrogens with one attached hydrogen (secondary N) is 1. The highest BCUT2D eigenvalue weighted by molar-refractivity contribution is 5.92. The Morgan fingerprint density at radius 1 is 1.33 bits per heavy atom. The summed E-state index contributed by atoms with van der Waals surface area (Å²) in [5.41, 5.74) is 6.17. The van der Waals surface area contributed by atoms with Crippen molar-refractivity contribution in [2.75, 3.05) is 30.7 Å². The first-order valence-corrected chi connectivity index (χ1v) is 7.57. The Kier molecular flexibility index (Phi) is 7.15. The minimum absolute atomic E-state index is 0.138. The van der Waals surface area contributed by atoms with Gasteiger partial charge in [0.15, 0.2) is 0 Å². The van der Waals surface area contributed by atoms with E-state index < -0.39 is 5.82 Å². The van der Waals surface area contributed by atoms with Crippen LogP contribution in [0, 0.1) is 11.7 Å². The Morgan fingerprint density at radius 3 is 2.57 bits per heavy atom. The summed E-state index contributed by atoms with van der Waals surface area (Å²) >= 11 is 0. The van der Waals surface area contributed by atoms with Gasteiger partial charge in [-0.1, -0.05) is 33.6 Å². The number of carbonyl (C=O) groups is 1. The standard InChI is InChI=1S/C16H26FN3O/c1-4-12(5-2)10-20(6-3)11-16(21)19-15-9-13(18)7-8-14(15)17/h7-9,12H,4-6,10-11,18H2,1-3H3,(H,19,21). The van der Waals surface area contributed by atoms with E-state index in [1.54, 1.807) is 0 Å². The van der Waals surface area contributed by atoms with Gasteiger partial charge in [-0.2, -0.15) is 0 Å². The normalized spacial score (nSPS) is 11.1. The maximum atomic E-state index is 13.6. The van der Waals surface area contributed by atoms with Crippen molar-refractivity contribution in [3.63, 3.8) is 0 Å². The number of carbonyl (C=O) groups excluding carboxylic acids is 1. The number of benzene rings is 1. The van der Waals surface area contributed by atoms with Crippen LogP contribution < -0.4 is 11.1 Å². The van der Waals surface area contributed by atoms with E-state index in [1.165, 1.54) is 18.2 Å². The summed E-state index contributed by atoms with van der Waals surface area (Å²) in [5, 5.41) is 2.59. The van der Waals surface area contributed by atoms with Gasteiger partial charge >= 0.3 is 0 Å². The van der Waals surface area contributed by atoms with Gasteiger partial charge < -0.3 is 11.1 Å². The van der Waals surface area contributed by atoms with Gasteiger partial charge in [0.2, 0.25) is 5.91 Å². The molecule has 118 valence electrons. The van der Waals surface area contributed by atoms with Crippen LogP contribution in [0.1, 0.15) is 33.6 Å². The lowest BCUT2D eigenvalue weighted by Crippen LogP contribution is -2.36. The highest BCUT2D eigenvalue weighted by Gasteiger charge is 2.14. The van der Waals surface area contributed by atoms with Crippen LogP contribution in [0.4, 0.5) is 15.8 Å². The molecule has 1 rings (SSSR count). The third-order valence-corrected chi connectivity index (χ3v) is 3.75. The average molecular weight is 295 g/mol. The lowest BCUT2D eigenvalue weighted by Gasteiger charge is -2.24. The second-order valence-electron chi connectivity index (χ2n) is 5.30. The van der Waals surface area contributed by atoms with E-state index in [0.717, 1.165) is 25.9 Å². The maximum absolute atomic E-state index is 13.6. The molecule has 0 atom stereocenters. The van der Waals surface area contributed by atoms with Gasteiger partial charge in [-0.25, -0.2) is 4.39 Å². The molecule has 0 saturated carbocycles. The quantitative estimate of drug-likeness (QED) is 0.725. The zero-order chi connectivity index (χ0) is 15.8. The van der Waals surface area contributed by atoms with Crippen LogP contribution in [0.25, 0.3) is 0 Å². The summed E-state index contributed by atoms with van der Waals surface area (Å²) in [5.74, 6) is -0.102. The Bertz CT molecular complexity index is 461. The number of rotatable bonds is 8. The molecule has 4 nitrogen and oxygen atoms in total. The van der Waals surface area contributed by atoms with E-state index in [9.17, 15) is 9.18 Å². The first-order chi connectivity index (χ1) is 9.99. The van der Waals surface area contributed by atoms with E-state index in [2.05, 4.69) is 24.1 Å². The first-order valence-electron chi connectivity index (χ1n) is 7.57. The largest absolute Gasteiger partial charge is 0.399 e. The zero-order valence-electron chi connectivity index (χ0n) is 13.2. The van der Waals surface area contributed by atoms with Gasteiger partial charge in [0.05, 0.1) is 12.2 Å². The maximum Gasteiger partial charge on any atom is 0.238 e. The molecule has 21 heavy (non-hydrogen) atoms. The average Bonchev–Trinajstić information content (AvgIpc) is 2.47. The second-order valence-corrected chi connectivity index (χ2v) is 5.30. The lowest BCUT2D eigenvalue weighted by molar-refractivity contribution is -0.117. The van der Waals surface area contributed by atoms with Gasteiger partial charge in [-0.15, -0.1) is 0 Å². The van der Waals surface area contributed by atoms with Crippen LogP contribution in [0.5, 0.6) is 0 Å². The molecule has 0 spiro atoms. The molecular weight excluding hydrogens is 269 g/mol. The lowest BCUT2D eigenvalue weighted by atomic mass is 10.0. The van der Waals surface area contributed by atoms with Crippen LogP contribution in [-0.2, 0) is 4.79 Å². The Hall–Kier alpha value is -1.62. The molecule has 0 aliphatic heterocycles. The van der Waals surface area contributed by atoms with Gasteiger partial charge in [-0.05, 0) is 30.7 Å². The van der Waals surface area contributed by atoms with E-state index in [0.29, 0.717) is 11.6 Å². The molecular formula is C16H26FN3O. The van der Waals surface area contributed by atoms with E-state index in [1.807, 2.05) is 6.92 Å². The molecule has 0 bridgehead atoms. The summed E-state index contributed by atoms with van der Waals surface area (Å²) in [7, 11) is 0. The van der Waals surface area contributed by atoms with Gasteiger partial charge in [-0.3, -0.25) is 9.69 Å². The predicted molar refractivity (Wildman–Crippen MR) is 85.6 cm³/mol. The molecule has 0 fully saturated rings. The van der Waals surface area contributed by atoms with Crippen molar-refractivity contribution >= 4 is 17.3 Å². The molecule has 1 aromatic rings. The molecule has 0 unspecified atom stereocenters. The minimum Gasteiger partial charge on any atom is -0.399 e. The molecule has 1 amide bonds. The minimum atomic E-state index is -0.472. The molecule has 5 heteroatoms. The number of nitrogens with two attached hydrogens (primary N) is 1. The van der Waals surface area contributed by atoms with Crippen LogP contribution in [0.15, 0.2) is 18.2 Å². The van der Waals surface area contributed by atoms with Crippen LogP contribution in [-0.4, -0.2) is 30.4 Å². The fraction of sp³-hybridized carbons (Fsp3) is 0.562. The fourth-order valence-electron chi connectivity index (χ4n) is 2.25. The number of halogens is 1. The highest BCUT2D eigenvalue weighted by atomic mass is 19.1. The van der Waals surface area contributed by atoms with Gasteiger partial charge in [0, 0.05) is 12.2 Å². The zero-order valence-corrected chi connectivity index (χ0v) is 13.2. The van der Waals surface area contributed by atoms with E-state index in [-0.39, 0.29) is 18.1 Å². The van der Waals surface area contributed by atoms with Crippen LogP contribution in [0.3, 0.4) is 0 Å². The van der Waals surface area contributed by atoms with Crippen molar-refractivity contribution in [2.45, 2.75) is 33.6 Å². The highest BCUT2D eigenvalue weighted by Crippen LogP contribution is 2.17. The number of hydrogen-bond donors (Lipinski definition) is 2. The van der Waals surface area contributed by atoms with Crippen LogP contribution in [0.2, 0.25) is 0 Å². The Balaban J connectivity index is 2.60. The number of hydrogen-bond acceptors (Lipinski definition) is 3. The predicted octanol–water partition coefficient (Wildman–Crippen LogP) is 3.10. The number of nitrogens with zero attached hydrogens (tertiary/aromatic N) is 1. The van der Waals surface area contributed by atoms with Crippen molar-refractivity contribution in [1.29, 1.82) is 0 Å². The molecule has 0 heterocycles. The van der Waals surface area contributed by atoms with Crippen molar-refractivity contribution in [3.8, 4) is 0 Å². The van der Waals surface area contributed by atoms with Gasteiger partial charge in [0.1, 0.15) is 5.82 Å². The molecule has 3 N–H and O–H groups in total. The fourth-order valence-corrected chi connectivity index (χ4v) is 2.25. The SMILES string of the molecule is CCC(CC)CN(CC)CC(=O)Nc1cc(N)ccc1F. The van der Waals surface area contributed by atoms with E-state index in [4.69, 9.17) is 5.73 Å². The van der Waals surface area contributed by atoms with Crippen molar-refractivity contribution in [1.82, 2.24) is 4.90 Å². The number of amides is 1. The van der Waals surface area contributed by atoms with E-state index >= 15 is 0 Å². The van der Waals surface area contributed by atoms with Crippen molar-refractivity contribution in [3.05, 3.63) is 24.0 Å². The summed E-state index contributed by atoms with van der Waals surface area (Å²) < 4.78 is 13.6. The Morgan fingerprint density at radius 2 is 2.00 bits per heavy atom. The van der Waals surface area contributed by atoms with Gasteiger partial charge in [0.25, 0.3) is 0 Å². The molecule has 0 saturated heterocycles.